The van der Waals surface area contributed by atoms with E-state index in [1.54, 1.807) is 6.92 Å². The van der Waals surface area contributed by atoms with E-state index < -0.39 is 5.97 Å². The van der Waals surface area contributed by atoms with Gasteiger partial charge in [0.1, 0.15) is 0 Å². The molecule has 0 bridgehead atoms. The third-order valence-corrected chi connectivity index (χ3v) is 3.44. The van der Waals surface area contributed by atoms with Crippen LogP contribution in [0.5, 0.6) is 0 Å². The Kier molecular flexibility index (Phi) is 4.14. The number of aromatic nitrogens is 2. The number of H-pyrrole nitrogens is 1. The van der Waals surface area contributed by atoms with Crippen LogP contribution >= 0.6 is 11.8 Å². The second-order valence-corrected chi connectivity index (χ2v) is 5.05. The average Bonchev–Trinajstić information content (AvgIpc) is 2.98. The number of amides is 1. The Morgan fingerprint density at radius 3 is 2.75 bits per heavy atom. The van der Waals surface area contributed by atoms with Gasteiger partial charge in [0.2, 0.25) is 11.7 Å². The third kappa shape index (κ3) is 3.21. The number of carbonyl (C=O) groups is 2. The summed E-state index contributed by atoms with van der Waals surface area (Å²) in [5, 5.41) is 18.6. The average molecular weight is 295 g/mol. The first-order valence-corrected chi connectivity index (χ1v) is 6.73. The number of hydrogen-bond acceptors (Lipinski definition) is 5. The van der Waals surface area contributed by atoms with Crippen LogP contribution in [0.1, 0.15) is 21.9 Å². The number of nitrogens with zero attached hydrogens (tertiary/aromatic N) is 1. The molecule has 2 rings (SSSR count). The van der Waals surface area contributed by atoms with Gasteiger partial charge in [-0.15, -0.1) is 0 Å². The molecule has 3 N–H and O–H groups in total. The fourth-order valence-electron chi connectivity index (χ4n) is 1.56. The minimum Gasteiger partial charge on any atom is -0.475 e. The van der Waals surface area contributed by atoms with Crippen molar-refractivity contribution in [2.45, 2.75) is 18.9 Å². The summed E-state index contributed by atoms with van der Waals surface area (Å²) >= 11 is 1.13. The predicted molar refractivity (Wildman–Crippen MR) is 73.1 cm³/mol. The van der Waals surface area contributed by atoms with Crippen molar-refractivity contribution in [3.05, 3.63) is 29.3 Å². The number of aryl methyl sites for hydroxylation is 2. The number of nitrogens with one attached hydrogen (secondary N) is 2. The Morgan fingerprint density at radius 2 is 2.20 bits per heavy atom. The van der Waals surface area contributed by atoms with Gasteiger partial charge in [-0.1, -0.05) is 11.8 Å². The predicted octanol–water partition coefficient (Wildman–Crippen LogP) is 2.05. The van der Waals surface area contributed by atoms with Gasteiger partial charge in [-0.2, -0.15) is 5.10 Å². The number of hydrogen-bond donors (Lipinski definition) is 3. The van der Waals surface area contributed by atoms with E-state index in [1.165, 1.54) is 12.1 Å². The van der Waals surface area contributed by atoms with Crippen molar-refractivity contribution in [3.63, 3.8) is 0 Å². The molecule has 0 spiro atoms. The summed E-state index contributed by atoms with van der Waals surface area (Å²) < 4.78 is 5.04. The van der Waals surface area contributed by atoms with E-state index in [0.29, 0.717) is 16.5 Å². The van der Waals surface area contributed by atoms with Gasteiger partial charge in [0.25, 0.3) is 0 Å². The van der Waals surface area contributed by atoms with Gasteiger partial charge in [0.05, 0.1) is 22.8 Å². The Hall–Kier alpha value is -2.22. The summed E-state index contributed by atoms with van der Waals surface area (Å²) in [7, 11) is 0. The molecule has 7 nitrogen and oxygen atoms in total. The van der Waals surface area contributed by atoms with Crippen molar-refractivity contribution in [1.29, 1.82) is 0 Å². The van der Waals surface area contributed by atoms with Crippen molar-refractivity contribution in [1.82, 2.24) is 10.2 Å². The summed E-state index contributed by atoms with van der Waals surface area (Å²) in [6.07, 6.45) is 0. The number of thioether (sulfide) groups is 1. The van der Waals surface area contributed by atoms with Crippen molar-refractivity contribution in [3.8, 4) is 0 Å². The largest absolute Gasteiger partial charge is 0.475 e. The lowest BCUT2D eigenvalue weighted by Gasteiger charge is -2.03. The van der Waals surface area contributed by atoms with Crippen LogP contribution in [0.3, 0.4) is 0 Å². The summed E-state index contributed by atoms with van der Waals surface area (Å²) in [4.78, 5) is 22.4. The molecule has 2 heterocycles. The lowest BCUT2D eigenvalue weighted by Crippen LogP contribution is -2.14. The molecule has 0 saturated carbocycles. The second-order valence-electron chi connectivity index (χ2n) is 4.07. The number of carboxylic acid groups (broad SMARTS) is 1. The molecule has 0 aliphatic rings. The zero-order chi connectivity index (χ0) is 14.7. The second kappa shape index (κ2) is 5.83. The van der Waals surface area contributed by atoms with Crippen molar-refractivity contribution < 1.29 is 19.1 Å². The zero-order valence-electron chi connectivity index (χ0n) is 10.9. The van der Waals surface area contributed by atoms with Crippen molar-refractivity contribution in [2.24, 2.45) is 0 Å². The van der Waals surface area contributed by atoms with Gasteiger partial charge in [0, 0.05) is 0 Å². The first-order valence-electron chi connectivity index (χ1n) is 5.74. The molecule has 0 unspecified atom stereocenters. The molecule has 8 heteroatoms. The number of furan rings is 1. The van der Waals surface area contributed by atoms with Crippen LogP contribution in [-0.2, 0) is 4.79 Å². The van der Waals surface area contributed by atoms with Gasteiger partial charge in [0.15, 0.2) is 5.09 Å². The van der Waals surface area contributed by atoms with Gasteiger partial charge in [-0.05, 0) is 26.0 Å². The minimum absolute atomic E-state index is 0.122. The number of carbonyl (C=O) groups excluding carboxylic acids is 1. The summed E-state index contributed by atoms with van der Waals surface area (Å²) in [6, 6.07) is 2.88. The smallest absolute Gasteiger partial charge is 0.371 e. The molecule has 2 aromatic heterocycles. The maximum atomic E-state index is 11.8. The van der Waals surface area contributed by atoms with Crippen LogP contribution in [0, 0.1) is 13.8 Å². The van der Waals surface area contributed by atoms with E-state index in [2.05, 4.69) is 15.5 Å². The molecule has 1 amide bonds. The van der Waals surface area contributed by atoms with Gasteiger partial charge in [-0.3, -0.25) is 9.89 Å². The first-order chi connectivity index (χ1) is 9.47. The molecular formula is C12H13N3O4S. The number of aromatic amines is 1. The van der Waals surface area contributed by atoms with Crippen LogP contribution in [0.25, 0.3) is 0 Å². The molecular weight excluding hydrogens is 282 g/mol. The standard InChI is InChI=1S/C12H13N3O4S/c1-6-11(7(2)15-14-6)13-9(16)5-20-10-4-3-8(19-10)12(17)18/h3-4H,5H2,1-2H3,(H,13,16)(H,14,15)(H,17,18). The minimum atomic E-state index is -1.13. The highest BCUT2D eigenvalue weighted by Crippen LogP contribution is 2.22. The first kappa shape index (κ1) is 14.2. The summed E-state index contributed by atoms with van der Waals surface area (Å²) in [5.41, 5.74) is 2.17. The molecule has 0 atom stereocenters. The molecule has 20 heavy (non-hydrogen) atoms. The van der Waals surface area contributed by atoms with Crippen LogP contribution in [0.4, 0.5) is 5.69 Å². The number of anilines is 1. The van der Waals surface area contributed by atoms with E-state index in [1.807, 2.05) is 6.92 Å². The monoisotopic (exact) mass is 295 g/mol. The SMILES string of the molecule is Cc1n[nH]c(C)c1NC(=O)CSc1ccc(C(=O)O)o1. The Balaban J connectivity index is 1.90. The fraction of sp³-hybridized carbons (Fsp3) is 0.250. The summed E-state index contributed by atoms with van der Waals surface area (Å²) in [5.74, 6) is -1.37. The molecule has 0 fully saturated rings. The zero-order valence-corrected chi connectivity index (χ0v) is 11.7. The quantitative estimate of drug-likeness (QED) is 0.728. The van der Waals surface area contributed by atoms with Crippen LogP contribution in [0.15, 0.2) is 21.6 Å². The lowest BCUT2D eigenvalue weighted by molar-refractivity contribution is -0.113. The molecule has 0 aliphatic carbocycles. The van der Waals surface area contributed by atoms with E-state index in [0.717, 1.165) is 17.5 Å². The maximum Gasteiger partial charge on any atom is 0.371 e. The Labute approximate surface area is 118 Å². The van der Waals surface area contributed by atoms with E-state index >= 15 is 0 Å². The van der Waals surface area contributed by atoms with E-state index in [-0.39, 0.29) is 17.4 Å². The molecule has 0 aliphatic heterocycles. The number of aromatic carboxylic acids is 1. The van der Waals surface area contributed by atoms with Crippen molar-refractivity contribution in [2.75, 3.05) is 11.1 Å². The van der Waals surface area contributed by atoms with Crippen LogP contribution in [-0.4, -0.2) is 32.9 Å². The Bertz CT molecular complexity index is 627. The van der Waals surface area contributed by atoms with Crippen molar-refractivity contribution >= 4 is 29.3 Å². The Morgan fingerprint density at radius 1 is 1.45 bits per heavy atom. The number of rotatable bonds is 5. The molecule has 0 radical (unpaired) electrons. The highest BCUT2D eigenvalue weighted by Gasteiger charge is 2.13. The highest BCUT2D eigenvalue weighted by molar-refractivity contribution is 7.99. The summed E-state index contributed by atoms with van der Waals surface area (Å²) in [6.45, 7) is 3.60. The van der Waals surface area contributed by atoms with Gasteiger partial charge in [-0.25, -0.2) is 4.79 Å². The molecule has 2 aromatic rings. The van der Waals surface area contributed by atoms with Crippen LogP contribution < -0.4 is 5.32 Å². The molecule has 106 valence electrons. The van der Waals surface area contributed by atoms with E-state index in [9.17, 15) is 9.59 Å². The molecule has 0 aromatic carbocycles. The van der Waals surface area contributed by atoms with E-state index in [4.69, 9.17) is 9.52 Å². The number of carboxylic acids is 1. The van der Waals surface area contributed by atoms with Gasteiger partial charge < -0.3 is 14.8 Å². The fourth-order valence-corrected chi connectivity index (χ4v) is 2.22. The third-order valence-electron chi connectivity index (χ3n) is 2.53. The molecule has 0 saturated heterocycles. The lowest BCUT2D eigenvalue weighted by atomic mass is 10.3. The maximum absolute atomic E-state index is 11.8. The van der Waals surface area contributed by atoms with Gasteiger partial charge >= 0.3 is 5.97 Å². The van der Waals surface area contributed by atoms with Crippen LogP contribution in [0.2, 0.25) is 0 Å². The highest BCUT2D eigenvalue weighted by atomic mass is 32.2. The topological polar surface area (TPSA) is 108 Å². The normalized spacial score (nSPS) is 10.5.